The predicted molar refractivity (Wildman–Crippen MR) is 72.2 cm³/mol. The highest BCUT2D eigenvalue weighted by Crippen LogP contribution is 2.29. The van der Waals surface area contributed by atoms with Crippen LogP contribution < -0.4 is 0 Å². The van der Waals surface area contributed by atoms with E-state index in [2.05, 4.69) is 0 Å². The molecule has 3 aromatic carbocycles. The number of fused-ring (bicyclic) bond motifs is 3. The van der Waals surface area contributed by atoms with Gasteiger partial charge in [0.15, 0.2) is 12.6 Å². The zero-order valence-electron chi connectivity index (χ0n) is 9.59. The lowest BCUT2D eigenvalue weighted by molar-refractivity contribution is 0.111. The maximum Gasteiger partial charge on any atom is 0.150 e. The van der Waals surface area contributed by atoms with Crippen molar-refractivity contribution in [1.29, 1.82) is 0 Å². The van der Waals surface area contributed by atoms with E-state index in [1.165, 1.54) is 0 Å². The second-order valence-corrected chi connectivity index (χ2v) is 4.19. The van der Waals surface area contributed by atoms with Crippen LogP contribution in [0.15, 0.2) is 48.5 Å². The van der Waals surface area contributed by atoms with Crippen molar-refractivity contribution in [2.75, 3.05) is 0 Å². The number of benzene rings is 3. The van der Waals surface area contributed by atoms with Crippen LogP contribution in [0.5, 0.6) is 0 Å². The lowest BCUT2D eigenvalue weighted by Crippen LogP contribution is -1.88. The van der Waals surface area contributed by atoms with Crippen molar-refractivity contribution in [3.63, 3.8) is 0 Å². The van der Waals surface area contributed by atoms with Crippen molar-refractivity contribution in [2.45, 2.75) is 0 Å². The molecule has 0 bridgehead atoms. The summed E-state index contributed by atoms with van der Waals surface area (Å²) in [6.07, 6.45) is 1.70. The fourth-order valence-electron chi connectivity index (χ4n) is 2.40. The van der Waals surface area contributed by atoms with Crippen LogP contribution in [-0.4, -0.2) is 12.6 Å². The zero-order chi connectivity index (χ0) is 12.5. The average Bonchev–Trinajstić information content (AvgIpc) is 2.45. The monoisotopic (exact) mass is 234 g/mol. The lowest BCUT2D eigenvalue weighted by atomic mass is 9.96. The van der Waals surface area contributed by atoms with Gasteiger partial charge >= 0.3 is 0 Å². The number of rotatable bonds is 2. The van der Waals surface area contributed by atoms with Crippen molar-refractivity contribution < 1.29 is 9.59 Å². The van der Waals surface area contributed by atoms with Crippen molar-refractivity contribution in [2.24, 2.45) is 0 Å². The molecule has 0 aromatic heterocycles. The fraction of sp³-hybridized carbons (Fsp3) is 0. The third kappa shape index (κ3) is 1.43. The summed E-state index contributed by atoms with van der Waals surface area (Å²) in [6, 6.07) is 15.1. The van der Waals surface area contributed by atoms with Crippen LogP contribution in [0.3, 0.4) is 0 Å². The Morgan fingerprint density at radius 1 is 0.667 bits per heavy atom. The quantitative estimate of drug-likeness (QED) is 0.501. The highest BCUT2D eigenvalue weighted by atomic mass is 16.1. The van der Waals surface area contributed by atoms with Crippen molar-refractivity contribution in [3.8, 4) is 0 Å². The molecule has 0 saturated carbocycles. The minimum Gasteiger partial charge on any atom is -0.298 e. The Hall–Kier alpha value is -2.48. The van der Waals surface area contributed by atoms with E-state index >= 15 is 0 Å². The summed E-state index contributed by atoms with van der Waals surface area (Å²) in [7, 11) is 0. The third-order valence-corrected chi connectivity index (χ3v) is 3.22. The summed E-state index contributed by atoms with van der Waals surface area (Å²) in [5.74, 6) is 0. The molecule has 0 N–H and O–H groups in total. The van der Waals surface area contributed by atoms with Crippen LogP contribution in [0.2, 0.25) is 0 Å². The molecule has 3 aromatic rings. The summed E-state index contributed by atoms with van der Waals surface area (Å²) in [5.41, 5.74) is 1.30. The fourth-order valence-corrected chi connectivity index (χ4v) is 2.40. The van der Waals surface area contributed by atoms with Gasteiger partial charge in [0.05, 0.1) is 0 Å². The van der Waals surface area contributed by atoms with E-state index in [4.69, 9.17) is 0 Å². The Labute approximate surface area is 104 Å². The Morgan fingerprint density at radius 2 is 1.39 bits per heavy atom. The summed E-state index contributed by atoms with van der Waals surface area (Å²) in [4.78, 5) is 22.2. The Bertz CT molecular complexity index is 772. The van der Waals surface area contributed by atoms with Gasteiger partial charge < -0.3 is 0 Å². The normalized spacial score (nSPS) is 10.7. The Balaban J connectivity index is 2.60. The summed E-state index contributed by atoms with van der Waals surface area (Å²) < 4.78 is 0. The molecular weight excluding hydrogens is 224 g/mol. The molecule has 0 saturated heterocycles. The second kappa shape index (κ2) is 4.08. The first-order valence-electron chi connectivity index (χ1n) is 5.70. The van der Waals surface area contributed by atoms with E-state index < -0.39 is 0 Å². The van der Waals surface area contributed by atoms with E-state index in [-0.39, 0.29) is 0 Å². The van der Waals surface area contributed by atoms with Crippen LogP contribution in [0.1, 0.15) is 20.7 Å². The maximum absolute atomic E-state index is 11.1. The van der Waals surface area contributed by atoms with Crippen LogP contribution in [0.25, 0.3) is 21.5 Å². The summed E-state index contributed by atoms with van der Waals surface area (Å²) >= 11 is 0. The van der Waals surface area contributed by atoms with Gasteiger partial charge in [-0.15, -0.1) is 0 Å². The largest absolute Gasteiger partial charge is 0.298 e. The van der Waals surface area contributed by atoms with Gasteiger partial charge in [0.2, 0.25) is 0 Å². The molecule has 0 aliphatic carbocycles. The van der Waals surface area contributed by atoms with Crippen LogP contribution in [-0.2, 0) is 0 Å². The third-order valence-electron chi connectivity index (χ3n) is 3.22. The topological polar surface area (TPSA) is 34.1 Å². The molecule has 0 aliphatic rings. The van der Waals surface area contributed by atoms with Gasteiger partial charge in [0.1, 0.15) is 0 Å². The van der Waals surface area contributed by atoms with Crippen LogP contribution in [0, 0.1) is 0 Å². The standard InChI is InChI=1S/C16H10O2/c17-9-12-4-2-6-15-14(12)8-7-11-3-1-5-13(10-18)16(11)15/h1-10H. The number of hydrogen-bond acceptors (Lipinski definition) is 2. The number of carbonyl (C=O) groups is 2. The highest BCUT2D eigenvalue weighted by molar-refractivity contribution is 6.16. The first kappa shape index (κ1) is 10.7. The smallest absolute Gasteiger partial charge is 0.150 e. The predicted octanol–water partition coefficient (Wildman–Crippen LogP) is 3.62. The van der Waals surface area contributed by atoms with Crippen LogP contribution >= 0.6 is 0 Å². The average molecular weight is 234 g/mol. The van der Waals surface area contributed by atoms with Gasteiger partial charge in [0.25, 0.3) is 0 Å². The SMILES string of the molecule is O=Cc1cccc2c1ccc1cccc(C=O)c12. The second-order valence-electron chi connectivity index (χ2n) is 4.19. The molecule has 0 atom stereocenters. The van der Waals surface area contributed by atoms with E-state index in [0.29, 0.717) is 11.1 Å². The molecule has 0 aliphatic heterocycles. The molecule has 0 radical (unpaired) electrons. The van der Waals surface area contributed by atoms with Crippen LogP contribution in [0.4, 0.5) is 0 Å². The summed E-state index contributed by atoms with van der Waals surface area (Å²) in [6.45, 7) is 0. The number of aldehydes is 2. The molecule has 0 unspecified atom stereocenters. The molecule has 2 nitrogen and oxygen atoms in total. The Kier molecular flexibility index (Phi) is 2.41. The number of carbonyl (C=O) groups excluding carboxylic acids is 2. The molecule has 18 heavy (non-hydrogen) atoms. The minimum atomic E-state index is 0.648. The molecule has 0 spiro atoms. The minimum absolute atomic E-state index is 0.648. The number of hydrogen-bond donors (Lipinski definition) is 0. The molecule has 0 fully saturated rings. The lowest BCUT2D eigenvalue weighted by Gasteiger charge is -2.07. The van der Waals surface area contributed by atoms with Gasteiger partial charge in [-0.3, -0.25) is 9.59 Å². The van der Waals surface area contributed by atoms with Crippen molar-refractivity contribution >= 4 is 34.1 Å². The molecule has 86 valence electrons. The molecule has 0 amide bonds. The van der Waals surface area contributed by atoms with E-state index in [1.807, 2.05) is 36.4 Å². The molecular formula is C16H10O2. The van der Waals surface area contributed by atoms with Gasteiger partial charge in [-0.2, -0.15) is 0 Å². The van der Waals surface area contributed by atoms with E-state index in [9.17, 15) is 9.59 Å². The highest BCUT2D eigenvalue weighted by Gasteiger charge is 2.07. The van der Waals surface area contributed by atoms with E-state index in [1.54, 1.807) is 12.1 Å². The molecule has 0 heterocycles. The van der Waals surface area contributed by atoms with Crippen molar-refractivity contribution in [1.82, 2.24) is 0 Å². The van der Waals surface area contributed by atoms with Crippen molar-refractivity contribution in [3.05, 3.63) is 59.7 Å². The maximum atomic E-state index is 11.1. The first-order chi connectivity index (χ1) is 8.85. The van der Waals surface area contributed by atoms with Gasteiger partial charge in [0, 0.05) is 16.5 Å². The van der Waals surface area contributed by atoms with E-state index in [0.717, 1.165) is 34.1 Å². The Morgan fingerprint density at radius 3 is 2.17 bits per heavy atom. The summed E-state index contributed by atoms with van der Waals surface area (Å²) in [5, 5.41) is 3.75. The van der Waals surface area contributed by atoms with Gasteiger partial charge in [-0.1, -0.05) is 48.5 Å². The van der Waals surface area contributed by atoms with Gasteiger partial charge in [-0.25, -0.2) is 0 Å². The zero-order valence-corrected chi connectivity index (χ0v) is 9.59. The molecule has 3 rings (SSSR count). The first-order valence-corrected chi connectivity index (χ1v) is 5.70. The molecule has 2 heteroatoms. The van der Waals surface area contributed by atoms with Gasteiger partial charge in [-0.05, 0) is 16.2 Å².